The Kier molecular flexibility index (Phi) is 4.14. The molecule has 0 unspecified atom stereocenters. The number of nitrogens with two attached hydrogens (primary N) is 1. The van der Waals surface area contributed by atoms with Crippen LogP contribution in [0.4, 0.5) is 5.69 Å². The van der Waals surface area contributed by atoms with Crippen LogP contribution in [0.15, 0.2) is 41.3 Å². The van der Waals surface area contributed by atoms with Crippen LogP contribution in [-0.4, -0.2) is 21.4 Å². The summed E-state index contributed by atoms with van der Waals surface area (Å²) in [5.41, 5.74) is 0.562. The van der Waals surface area contributed by atoms with Gasteiger partial charge in [0, 0.05) is 12.7 Å². The van der Waals surface area contributed by atoms with Crippen LogP contribution in [0.3, 0.4) is 0 Å². The molecule has 0 radical (unpaired) electrons. The van der Waals surface area contributed by atoms with Crippen LogP contribution in [0.2, 0.25) is 4.34 Å². The maximum atomic E-state index is 12.2. The molecular formula is C12H11ClN2O3S2. The standard InChI is InChI=1S/C12H11ClN2O3S2/c1-15(12(16)10-6-7-11(13)19-10)8-2-4-9(5-3-8)20(14,17)18/h2-7H,1H3,(H2,14,17,18). The van der Waals surface area contributed by atoms with Crippen LogP contribution < -0.4 is 10.0 Å². The first-order chi connectivity index (χ1) is 9.29. The van der Waals surface area contributed by atoms with Crippen molar-refractivity contribution in [2.45, 2.75) is 4.90 Å². The van der Waals surface area contributed by atoms with E-state index in [2.05, 4.69) is 0 Å². The van der Waals surface area contributed by atoms with E-state index in [1.807, 2.05) is 0 Å². The van der Waals surface area contributed by atoms with Gasteiger partial charge < -0.3 is 4.90 Å². The molecule has 0 aliphatic heterocycles. The second kappa shape index (κ2) is 5.53. The van der Waals surface area contributed by atoms with Crippen LogP contribution in [0, 0.1) is 0 Å². The van der Waals surface area contributed by atoms with Crippen LogP contribution in [-0.2, 0) is 10.0 Å². The van der Waals surface area contributed by atoms with Gasteiger partial charge in [-0.3, -0.25) is 4.79 Å². The van der Waals surface area contributed by atoms with Gasteiger partial charge in [0.25, 0.3) is 5.91 Å². The molecule has 0 aliphatic rings. The number of thiophene rings is 1. The minimum absolute atomic E-state index is 0.00117. The Morgan fingerprint density at radius 3 is 2.25 bits per heavy atom. The first-order valence-corrected chi connectivity index (χ1v) is 8.19. The Bertz CT molecular complexity index is 738. The summed E-state index contributed by atoms with van der Waals surface area (Å²) in [5.74, 6) is -0.217. The van der Waals surface area contributed by atoms with Gasteiger partial charge in [-0.15, -0.1) is 11.3 Å². The lowest BCUT2D eigenvalue weighted by atomic mass is 10.3. The number of rotatable bonds is 3. The van der Waals surface area contributed by atoms with Gasteiger partial charge >= 0.3 is 0 Å². The average molecular weight is 331 g/mol. The summed E-state index contributed by atoms with van der Waals surface area (Å²) in [4.78, 5) is 14.1. The number of sulfonamides is 1. The van der Waals surface area contributed by atoms with Crippen molar-refractivity contribution in [1.82, 2.24) is 0 Å². The first-order valence-electron chi connectivity index (χ1n) is 5.45. The lowest BCUT2D eigenvalue weighted by Gasteiger charge is -2.16. The fourth-order valence-electron chi connectivity index (χ4n) is 1.57. The van der Waals surface area contributed by atoms with Gasteiger partial charge in [-0.2, -0.15) is 0 Å². The van der Waals surface area contributed by atoms with E-state index in [0.717, 1.165) is 0 Å². The molecule has 20 heavy (non-hydrogen) atoms. The van der Waals surface area contributed by atoms with Crippen LogP contribution >= 0.6 is 22.9 Å². The third-order valence-corrected chi connectivity index (χ3v) is 4.79. The molecule has 2 N–H and O–H groups in total. The van der Waals surface area contributed by atoms with E-state index in [-0.39, 0.29) is 10.8 Å². The van der Waals surface area contributed by atoms with E-state index >= 15 is 0 Å². The van der Waals surface area contributed by atoms with Crippen LogP contribution in [0.5, 0.6) is 0 Å². The quantitative estimate of drug-likeness (QED) is 0.937. The fraction of sp³-hybridized carbons (Fsp3) is 0.0833. The molecule has 2 aromatic rings. The highest BCUT2D eigenvalue weighted by Gasteiger charge is 2.16. The monoisotopic (exact) mass is 330 g/mol. The molecule has 2 rings (SSSR count). The molecule has 5 nitrogen and oxygen atoms in total. The van der Waals surface area contributed by atoms with Crippen molar-refractivity contribution in [3.63, 3.8) is 0 Å². The van der Waals surface area contributed by atoms with Crippen molar-refractivity contribution in [3.05, 3.63) is 45.6 Å². The van der Waals surface area contributed by atoms with Crippen molar-refractivity contribution in [2.24, 2.45) is 5.14 Å². The molecule has 0 fully saturated rings. The molecule has 106 valence electrons. The van der Waals surface area contributed by atoms with Crippen LogP contribution in [0.25, 0.3) is 0 Å². The molecule has 1 aromatic heterocycles. The third kappa shape index (κ3) is 3.18. The largest absolute Gasteiger partial charge is 0.311 e. The molecule has 1 amide bonds. The SMILES string of the molecule is CN(C(=O)c1ccc(Cl)s1)c1ccc(S(N)(=O)=O)cc1. The molecule has 1 aromatic carbocycles. The normalized spacial score (nSPS) is 11.3. The second-order valence-corrected chi connectivity index (χ2v) is 7.28. The van der Waals surface area contributed by atoms with E-state index in [4.69, 9.17) is 16.7 Å². The van der Waals surface area contributed by atoms with Gasteiger partial charge in [0.2, 0.25) is 10.0 Å². The Balaban J connectivity index is 2.25. The van der Waals surface area contributed by atoms with E-state index in [0.29, 0.717) is 14.9 Å². The number of benzene rings is 1. The van der Waals surface area contributed by atoms with Crippen molar-refractivity contribution in [2.75, 3.05) is 11.9 Å². The Hall–Kier alpha value is -1.41. The number of nitrogens with zero attached hydrogens (tertiary/aromatic N) is 1. The zero-order valence-electron chi connectivity index (χ0n) is 10.4. The predicted octanol–water partition coefficient (Wildman–Crippen LogP) is 2.33. The van der Waals surface area contributed by atoms with E-state index in [9.17, 15) is 13.2 Å². The minimum Gasteiger partial charge on any atom is -0.311 e. The number of primary sulfonamides is 1. The van der Waals surface area contributed by atoms with Gasteiger partial charge in [0.05, 0.1) is 14.1 Å². The molecular weight excluding hydrogens is 320 g/mol. The molecule has 1 heterocycles. The molecule has 0 saturated heterocycles. The lowest BCUT2D eigenvalue weighted by Crippen LogP contribution is -2.25. The summed E-state index contributed by atoms with van der Waals surface area (Å²) in [5, 5.41) is 5.02. The Morgan fingerprint density at radius 2 is 1.80 bits per heavy atom. The Labute approximate surface area is 125 Å². The molecule has 0 saturated carbocycles. The van der Waals surface area contributed by atoms with Crippen molar-refractivity contribution in [3.8, 4) is 0 Å². The number of anilines is 1. The smallest absolute Gasteiger partial charge is 0.268 e. The van der Waals surface area contributed by atoms with Crippen LogP contribution in [0.1, 0.15) is 9.67 Å². The minimum atomic E-state index is -3.73. The van der Waals surface area contributed by atoms with E-state index in [1.54, 1.807) is 19.2 Å². The summed E-state index contributed by atoms with van der Waals surface area (Å²) in [6.45, 7) is 0. The summed E-state index contributed by atoms with van der Waals surface area (Å²) >= 11 is 6.98. The maximum absolute atomic E-state index is 12.2. The van der Waals surface area contributed by atoms with Gasteiger partial charge in [-0.25, -0.2) is 13.6 Å². The summed E-state index contributed by atoms with van der Waals surface area (Å²) in [6, 6.07) is 9.05. The van der Waals surface area contributed by atoms with E-state index < -0.39 is 10.0 Å². The van der Waals surface area contributed by atoms with E-state index in [1.165, 1.54) is 40.5 Å². The summed E-state index contributed by atoms with van der Waals surface area (Å²) in [7, 11) is -2.13. The molecule has 0 spiro atoms. The zero-order valence-corrected chi connectivity index (χ0v) is 12.8. The molecule has 0 bridgehead atoms. The van der Waals surface area contributed by atoms with Gasteiger partial charge in [-0.1, -0.05) is 11.6 Å². The zero-order chi connectivity index (χ0) is 14.9. The molecule has 0 atom stereocenters. The number of amides is 1. The number of hydrogen-bond donors (Lipinski definition) is 1. The fourth-order valence-corrected chi connectivity index (χ4v) is 3.11. The van der Waals surface area contributed by atoms with Gasteiger partial charge in [0.15, 0.2) is 0 Å². The lowest BCUT2D eigenvalue weighted by molar-refractivity contribution is 0.0997. The van der Waals surface area contributed by atoms with Crippen molar-refractivity contribution in [1.29, 1.82) is 0 Å². The summed E-state index contributed by atoms with van der Waals surface area (Å²) < 4.78 is 22.8. The highest BCUT2D eigenvalue weighted by molar-refractivity contribution is 7.89. The highest BCUT2D eigenvalue weighted by atomic mass is 35.5. The molecule has 8 heteroatoms. The molecule has 0 aliphatic carbocycles. The third-order valence-electron chi connectivity index (χ3n) is 2.64. The maximum Gasteiger partial charge on any atom is 0.268 e. The first kappa shape index (κ1) is 15.0. The van der Waals surface area contributed by atoms with Gasteiger partial charge in [0.1, 0.15) is 0 Å². The number of hydrogen-bond acceptors (Lipinski definition) is 4. The Morgan fingerprint density at radius 1 is 1.20 bits per heavy atom. The predicted molar refractivity (Wildman–Crippen MR) is 79.9 cm³/mol. The van der Waals surface area contributed by atoms with Crippen molar-refractivity contribution < 1.29 is 13.2 Å². The number of carbonyl (C=O) groups excluding carboxylic acids is 1. The van der Waals surface area contributed by atoms with Gasteiger partial charge in [-0.05, 0) is 36.4 Å². The van der Waals surface area contributed by atoms with Crippen molar-refractivity contribution >= 4 is 44.6 Å². The second-order valence-electron chi connectivity index (χ2n) is 4.01. The number of halogens is 1. The highest BCUT2D eigenvalue weighted by Crippen LogP contribution is 2.24. The summed E-state index contributed by atoms with van der Waals surface area (Å²) in [6.07, 6.45) is 0. The topological polar surface area (TPSA) is 80.5 Å². The average Bonchev–Trinajstić information content (AvgIpc) is 2.83. The number of carbonyl (C=O) groups is 1.